The van der Waals surface area contributed by atoms with Crippen molar-refractivity contribution in [3.05, 3.63) is 46.2 Å². The summed E-state index contributed by atoms with van der Waals surface area (Å²) in [5, 5.41) is 13.4. The molecule has 0 unspecified atom stereocenters. The number of anilines is 1. The Labute approximate surface area is 161 Å². The molecule has 0 aliphatic rings. The van der Waals surface area contributed by atoms with Crippen molar-refractivity contribution in [2.75, 3.05) is 11.1 Å². The number of nitrogens with one attached hydrogen (secondary N) is 1. The van der Waals surface area contributed by atoms with E-state index in [-0.39, 0.29) is 22.4 Å². The Morgan fingerprint density at radius 2 is 2.19 bits per heavy atom. The average molecular weight is 412 g/mol. The van der Waals surface area contributed by atoms with Crippen molar-refractivity contribution in [2.45, 2.75) is 25.2 Å². The number of ether oxygens (including phenoxy) is 1. The highest BCUT2D eigenvalue weighted by Gasteiger charge is 2.14. The summed E-state index contributed by atoms with van der Waals surface area (Å²) in [5.41, 5.74) is 1.000. The monoisotopic (exact) mass is 412 g/mol. The summed E-state index contributed by atoms with van der Waals surface area (Å²) in [5.74, 6) is -0.149. The van der Waals surface area contributed by atoms with Gasteiger partial charge < -0.3 is 14.5 Å². The average Bonchev–Trinajstić information content (AvgIpc) is 3.23. The SMILES string of the molecule is Cc1nc(Cc2nnc(SCC(=O)Nc3ccccc3OC(F)F)o2)cs1. The van der Waals surface area contributed by atoms with E-state index in [1.165, 1.54) is 29.5 Å². The number of nitrogens with zero attached hydrogens (tertiary/aromatic N) is 3. The second-order valence-electron chi connectivity index (χ2n) is 5.21. The molecule has 1 amide bonds. The molecular weight excluding hydrogens is 398 g/mol. The predicted molar refractivity (Wildman–Crippen MR) is 96.4 cm³/mol. The number of thiazole rings is 1. The lowest BCUT2D eigenvalue weighted by Gasteiger charge is -2.11. The van der Waals surface area contributed by atoms with Gasteiger partial charge in [0.05, 0.1) is 28.6 Å². The Balaban J connectivity index is 1.52. The van der Waals surface area contributed by atoms with Crippen LogP contribution in [0.3, 0.4) is 0 Å². The van der Waals surface area contributed by atoms with Gasteiger partial charge in [0.1, 0.15) is 5.75 Å². The number of carbonyl (C=O) groups is 1. The number of aryl methyl sites for hydroxylation is 1. The highest BCUT2D eigenvalue weighted by molar-refractivity contribution is 7.99. The zero-order valence-corrected chi connectivity index (χ0v) is 15.7. The van der Waals surface area contributed by atoms with Crippen molar-refractivity contribution in [1.82, 2.24) is 15.2 Å². The summed E-state index contributed by atoms with van der Waals surface area (Å²) >= 11 is 2.58. The molecule has 0 radical (unpaired) electrons. The quantitative estimate of drug-likeness (QED) is 0.564. The van der Waals surface area contributed by atoms with Gasteiger partial charge in [-0.2, -0.15) is 8.78 Å². The lowest BCUT2D eigenvalue weighted by molar-refractivity contribution is -0.113. The van der Waals surface area contributed by atoms with E-state index in [1.54, 1.807) is 6.07 Å². The summed E-state index contributed by atoms with van der Waals surface area (Å²) in [6.45, 7) is -1.07. The fourth-order valence-electron chi connectivity index (χ4n) is 2.09. The standard InChI is InChI=1S/C16H14F2N4O3S2/c1-9-19-10(7-26-9)6-14-21-22-16(25-14)27-8-13(23)20-11-4-2-3-5-12(11)24-15(17)18/h2-5,7,15H,6,8H2,1H3,(H,20,23). The van der Waals surface area contributed by atoms with Crippen LogP contribution < -0.4 is 10.1 Å². The van der Waals surface area contributed by atoms with E-state index in [0.717, 1.165) is 22.5 Å². The number of hydrogen-bond acceptors (Lipinski definition) is 8. The number of hydrogen-bond donors (Lipinski definition) is 1. The van der Waals surface area contributed by atoms with Gasteiger partial charge >= 0.3 is 6.61 Å². The number of para-hydroxylation sites is 2. The van der Waals surface area contributed by atoms with Gasteiger partial charge in [-0.25, -0.2) is 4.98 Å². The van der Waals surface area contributed by atoms with Gasteiger partial charge in [0.25, 0.3) is 5.22 Å². The smallest absolute Gasteiger partial charge is 0.387 e. The van der Waals surface area contributed by atoms with Crippen LogP contribution in [0.25, 0.3) is 0 Å². The fraction of sp³-hybridized carbons (Fsp3) is 0.250. The lowest BCUT2D eigenvalue weighted by atomic mass is 10.3. The number of alkyl halides is 2. The third kappa shape index (κ3) is 5.73. The van der Waals surface area contributed by atoms with Crippen LogP contribution in [0.1, 0.15) is 16.6 Å². The van der Waals surface area contributed by atoms with Crippen molar-refractivity contribution >= 4 is 34.7 Å². The molecule has 0 saturated carbocycles. The molecule has 11 heteroatoms. The molecule has 3 aromatic rings. The van der Waals surface area contributed by atoms with Crippen LogP contribution in [-0.2, 0) is 11.2 Å². The molecular formula is C16H14F2N4O3S2. The minimum absolute atomic E-state index is 0.0273. The van der Waals surface area contributed by atoms with E-state index in [0.29, 0.717) is 12.3 Å². The van der Waals surface area contributed by atoms with Crippen molar-refractivity contribution in [2.24, 2.45) is 0 Å². The van der Waals surface area contributed by atoms with Gasteiger partial charge in [0, 0.05) is 5.38 Å². The van der Waals surface area contributed by atoms with Gasteiger partial charge in [-0.05, 0) is 19.1 Å². The highest BCUT2D eigenvalue weighted by atomic mass is 32.2. The zero-order valence-electron chi connectivity index (χ0n) is 14.0. The number of carbonyl (C=O) groups excluding carboxylic acids is 1. The van der Waals surface area contributed by atoms with Crippen LogP contribution in [0.2, 0.25) is 0 Å². The van der Waals surface area contributed by atoms with Crippen molar-refractivity contribution < 1.29 is 22.7 Å². The maximum atomic E-state index is 12.4. The van der Waals surface area contributed by atoms with Crippen LogP contribution >= 0.6 is 23.1 Å². The zero-order chi connectivity index (χ0) is 19.2. The molecule has 0 bridgehead atoms. The third-order valence-corrected chi connectivity index (χ3v) is 4.79. The Kier molecular flexibility index (Phi) is 6.35. The molecule has 1 aromatic carbocycles. The van der Waals surface area contributed by atoms with Crippen LogP contribution in [0, 0.1) is 6.92 Å². The molecule has 0 aliphatic carbocycles. The number of benzene rings is 1. The Bertz CT molecular complexity index is 916. The highest BCUT2D eigenvalue weighted by Crippen LogP contribution is 2.26. The largest absolute Gasteiger partial charge is 0.433 e. The number of halogens is 2. The van der Waals surface area contributed by atoms with E-state index in [1.807, 2.05) is 12.3 Å². The molecule has 3 rings (SSSR count). The first-order chi connectivity index (χ1) is 13.0. The normalized spacial score (nSPS) is 11.0. The molecule has 0 atom stereocenters. The maximum absolute atomic E-state index is 12.4. The van der Waals surface area contributed by atoms with E-state index < -0.39 is 12.5 Å². The maximum Gasteiger partial charge on any atom is 0.387 e. The minimum atomic E-state index is -2.98. The molecule has 0 saturated heterocycles. The number of rotatable bonds is 8. The van der Waals surface area contributed by atoms with Crippen LogP contribution in [0.15, 0.2) is 39.3 Å². The second-order valence-corrected chi connectivity index (χ2v) is 7.20. The van der Waals surface area contributed by atoms with Crippen LogP contribution in [-0.4, -0.2) is 33.5 Å². The molecule has 1 N–H and O–H groups in total. The molecule has 27 heavy (non-hydrogen) atoms. The van der Waals surface area contributed by atoms with Crippen LogP contribution in [0.5, 0.6) is 5.75 Å². The summed E-state index contributed by atoms with van der Waals surface area (Å²) < 4.78 is 34.6. The van der Waals surface area contributed by atoms with E-state index in [9.17, 15) is 13.6 Å². The van der Waals surface area contributed by atoms with Gasteiger partial charge in [0.2, 0.25) is 11.8 Å². The van der Waals surface area contributed by atoms with E-state index in [2.05, 4.69) is 25.2 Å². The second kappa shape index (κ2) is 8.91. The molecule has 7 nitrogen and oxygen atoms in total. The lowest BCUT2D eigenvalue weighted by Crippen LogP contribution is -2.15. The minimum Gasteiger partial charge on any atom is -0.433 e. The summed E-state index contributed by atoms with van der Waals surface area (Å²) in [6, 6.07) is 5.96. The summed E-state index contributed by atoms with van der Waals surface area (Å²) in [4.78, 5) is 16.4. The number of amides is 1. The van der Waals surface area contributed by atoms with Gasteiger partial charge in [0.15, 0.2) is 0 Å². The van der Waals surface area contributed by atoms with Crippen molar-refractivity contribution in [3.8, 4) is 5.75 Å². The van der Waals surface area contributed by atoms with Crippen molar-refractivity contribution in [3.63, 3.8) is 0 Å². The topological polar surface area (TPSA) is 90.1 Å². The number of thioether (sulfide) groups is 1. The third-order valence-electron chi connectivity index (χ3n) is 3.15. The molecule has 0 aliphatic heterocycles. The summed E-state index contributed by atoms with van der Waals surface area (Å²) in [7, 11) is 0. The molecule has 142 valence electrons. The molecule has 2 aromatic heterocycles. The Morgan fingerprint density at radius 3 is 2.93 bits per heavy atom. The predicted octanol–water partition coefficient (Wildman–Crippen LogP) is 3.76. The van der Waals surface area contributed by atoms with Gasteiger partial charge in [-0.1, -0.05) is 23.9 Å². The van der Waals surface area contributed by atoms with Gasteiger partial charge in [-0.15, -0.1) is 21.5 Å². The first-order valence-corrected chi connectivity index (χ1v) is 9.56. The summed E-state index contributed by atoms with van der Waals surface area (Å²) in [6.07, 6.45) is 0.419. The first kappa shape index (κ1) is 19.2. The van der Waals surface area contributed by atoms with Crippen molar-refractivity contribution in [1.29, 1.82) is 0 Å². The molecule has 2 heterocycles. The number of aromatic nitrogens is 3. The van der Waals surface area contributed by atoms with E-state index >= 15 is 0 Å². The first-order valence-electron chi connectivity index (χ1n) is 7.69. The van der Waals surface area contributed by atoms with E-state index in [4.69, 9.17) is 4.42 Å². The Morgan fingerprint density at radius 1 is 1.37 bits per heavy atom. The van der Waals surface area contributed by atoms with Crippen LogP contribution in [0.4, 0.5) is 14.5 Å². The van der Waals surface area contributed by atoms with Gasteiger partial charge in [-0.3, -0.25) is 4.79 Å². The fourth-order valence-corrected chi connectivity index (χ4v) is 3.29. The Hall–Kier alpha value is -2.53. The molecule has 0 fully saturated rings. The molecule has 0 spiro atoms.